The number of aliphatic imine (C=N–C) groups is 1. The van der Waals surface area contributed by atoms with Crippen molar-refractivity contribution in [1.29, 1.82) is 0 Å². The summed E-state index contributed by atoms with van der Waals surface area (Å²) >= 11 is 0. The second-order valence-corrected chi connectivity index (χ2v) is 9.02. The Morgan fingerprint density at radius 1 is 1.03 bits per heavy atom. The van der Waals surface area contributed by atoms with E-state index in [-0.39, 0.29) is 44.0 Å². The first-order valence-corrected chi connectivity index (χ1v) is 12.1. The molecule has 2 amide bonds. The SMILES string of the molecule is NC(N)=NC(=O)CCNOC(=O)CN(C(=O)[C@@H](CC1CCCCC1)NCC(=O)O)C1CCCC1. The van der Waals surface area contributed by atoms with Crippen molar-refractivity contribution in [2.75, 3.05) is 19.6 Å². The van der Waals surface area contributed by atoms with Crippen molar-refractivity contribution in [1.82, 2.24) is 15.7 Å². The molecule has 0 saturated heterocycles. The van der Waals surface area contributed by atoms with Gasteiger partial charge in [0.25, 0.3) is 0 Å². The Morgan fingerprint density at radius 3 is 2.29 bits per heavy atom. The maximum absolute atomic E-state index is 13.5. The van der Waals surface area contributed by atoms with Crippen molar-refractivity contribution in [3.05, 3.63) is 0 Å². The lowest BCUT2D eigenvalue weighted by Gasteiger charge is -2.33. The quantitative estimate of drug-likeness (QED) is 0.103. The first-order valence-electron chi connectivity index (χ1n) is 12.1. The van der Waals surface area contributed by atoms with E-state index in [4.69, 9.17) is 21.4 Å². The van der Waals surface area contributed by atoms with Crippen molar-refractivity contribution in [2.45, 2.75) is 82.7 Å². The van der Waals surface area contributed by atoms with Crippen LogP contribution in [-0.2, 0) is 24.0 Å². The smallest absolute Gasteiger partial charge is 0.344 e. The maximum atomic E-state index is 13.5. The molecule has 0 radical (unpaired) electrons. The Morgan fingerprint density at radius 2 is 1.68 bits per heavy atom. The minimum atomic E-state index is -1.03. The van der Waals surface area contributed by atoms with Gasteiger partial charge in [-0.3, -0.25) is 19.7 Å². The third-order valence-corrected chi connectivity index (χ3v) is 6.32. The average Bonchev–Trinajstić information content (AvgIpc) is 3.32. The van der Waals surface area contributed by atoms with E-state index in [0.29, 0.717) is 12.3 Å². The summed E-state index contributed by atoms with van der Waals surface area (Å²) in [5, 5.41) is 12.0. The van der Waals surface area contributed by atoms with E-state index in [9.17, 15) is 19.2 Å². The molecular weight excluding hydrogens is 444 g/mol. The summed E-state index contributed by atoms with van der Waals surface area (Å²) in [5.74, 6) is -2.50. The molecule has 0 aromatic rings. The lowest BCUT2D eigenvalue weighted by molar-refractivity contribution is -0.157. The molecule has 12 nitrogen and oxygen atoms in total. The van der Waals surface area contributed by atoms with Crippen LogP contribution in [0.2, 0.25) is 0 Å². The highest BCUT2D eigenvalue weighted by Gasteiger charge is 2.34. The van der Waals surface area contributed by atoms with Gasteiger partial charge in [0, 0.05) is 19.0 Å². The van der Waals surface area contributed by atoms with Crippen LogP contribution >= 0.6 is 0 Å². The summed E-state index contributed by atoms with van der Waals surface area (Å²) in [6.07, 6.45) is 9.43. The molecule has 1 atom stereocenters. The molecule has 0 heterocycles. The third kappa shape index (κ3) is 10.0. The molecule has 2 fully saturated rings. The van der Waals surface area contributed by atoms with Gasteiger partial charge in [-0.15, -0.1) is 0 Å². The van der Waals surface area contributed by atoms with Crippen LogP contribution in [0.4, 0.5) is 0 Å². The van der Waals surface area contributed by atoms with Gasteiger partial charge in [-0.1, -0.05) is 44.9 Å². The molecule has 2 saturated carbocycles. The molecule has 12 heteroatoms. The third-order valence-electron chi connectivity index (χ3n) is 6.32. The summed E-state index contributed by atoms with van der Waals surface area (Å²) in [6.45, 7) is -0.561. The number of carboxylic acids is 1. The highest BCUT2D eigenvalue weighted by atomic mass is 16.7. The van der Waals surface area contributed by atoms with Crippen LogP contribution in [-0.4, -0.2) is 71.4 Å². The molecule has 2 rings (SSSR count). The van der Waals surface area contributed by atoms with E-state index in [2.05, 4.69) is 15.8 Å². The van der Waals surface area contributed by atoms with Crippen LogP contribution in [0.25, 0.3) is 0 Å². The van der Waals surface area contributed by atoms with Gasteiger partial charge in [0.2, 0.25) is 11.8 Å². The number of nitrogens with two attached hydrogens (primary N) is 2. The molecule has 0 bridgehead atoms. The highest BCUT2D eigenvalue weighted by molar-refractivity contribution is 5.91. The molecule has 2 aliphatic rings. The number of guanidine groups is 1. The summed E-state index contributed by atoms with van der Waals surface area (Å²) in [7, 11) is 0. The summed E-state index contributed by atoms with van der Waals surface area (Å²) < 4.78 is 0. The molecule has 2 aliphatic carbocycles. The number of nitrogens with zero attached hydrogens (tertiary/aromatic N) is 2. The number of hydrogen-bond acceptors (Lipinski definition) is 7. The molecule has 0 spiro atoms. The highest BCUT2D eigenvalue weighted by Crippen LogP contribution is 2.29. The summed E-state index contributed by atoms with van der Waals surface area (Å²) in [4.78, 5) is 58.5. The van der Waals surface area contributed by atoms with Crippen LogP contribution in [0, 0.1) is 5.92 Å². The summed E-state index contributed by atoms with van der Waals surface area (Å²) in [6, 6.07) is -0.762. The first kappa shape index (κ1) is 27.5. The second kappa shape index (κ2) is 14.5. The number of nitrogens with one attached hydrogen (secondary N) is 2. The largest absolute Gasteiger partial charge is 0.480 e. The van der Waals surface area contributed by atoms with E-state index in [1.807, 2.05) is 0 Å². The predicted octanol–water partition coefficient (Wildman–Crippen LogP) is 0.00870. The van der Waals surface area contributed by atoms with E-state index < -0.39 is 23.9 Å². The molecule has 7 N–H and O–H groups in total. The van der Waals surface area contributed by atoms with Crippen molar-refractivity contribution < 1.29 is 29.1 Å². The number of rotatable bonds is 13. The predicted molar refractivity (Wildman–Crippen MR) is 124 cm³/mol. The molecule has 34 heavy (non-hydrogen) atoms. The Kier molecular flexibility index (Phi) is 11.7. The molecular formula is C22H38N6O6. The standard InChI is InChI=1S/C22H38N6O6/c23-22(24)27-18(29)10-11-26-34-20(32)14-28(16-8-4-5-9-16)21(33)17(25-13-19(30)31)12-15-6-2-1-3-7-15/h15-17,25-26H,1-14H2,(H,30,31)(H4,23,24,27,29)/t17-/m1/s1. The lowest BCUT2D eigenvalue weighted by Crippen LogP contribution is -2.53. The first-order chi connectivity index (χ1) is 16.3. The fourth-order valence-electron chi connectivity index (χ4n) is 4.70. The number of hydroxylamine groups is 1. The number of carboxylic acid groups (broad SMARTS) is 1. The number of carbonyl (C=O) groups is 4. The molecule has 0 aliphatic heterocycles. The van der Waals surface area contributed by atoms with Crippen molar-refractivity contribution in [2.24, 2.45) is 22.4 Å². The molecule has 0 unspecified atom stereocenters. The Hall–Kier alpha value is -2.73. The van der Waals surface area contributed by atoms with Crippen LogP contribution < -0.4 is 22.3 Å². The van der Waals surface area contributed by atoms with Gasteiger partial charge in [-0.2, -0.15) is 10.5 Å². The normalized spacial score (nSPS) is 17.6. The van der Waals surface area contributed by atoms with Crippen LogP contribution in [0.15, 0.2) is 4.99 Å². The van der Waals surface area contributed by atoms with Crippen molar-refractivity contribution in [3.63, 3.8) is 0 Å². The fourth-order valence-corrected chi connectivity index (χ4v) is 4.70. The average molecular weight is 483 g/mol. The zero-order valence-electron chi connectivity index (χ0n) is 19.7. The number of hydrogen-bond donors (Lipinski definition) is 5. The van der Waals surface area contributed by atoms with Crippen molar-refractivity contribution >= 4 is 29.7 Å². The van der Waals surface area contributed by atoms with Crippen LogP contribution in [0.5, 0.6) is 0 Å². The van der Waals surface area contributed by atoms with Crippen molar-refractivity contribution in [3.8, 4) is 0 Å². The van der Waals surface area contributed by atoms with E-state index in [1.165, 1.54) is 11.3 Å². The van der Waals surface area contributed by atoms with Crippen LogP contribution in [0.1, 0.15) is 70.6 Å². The van der Waals surface area contributed by atoms with Gasteiger partial charge >= 0.3 is 11.9 Å². The second-order valence-electron chi connectivity index (χ2n) is 9.02. The van der Waals surface area contributed by atoms with Gasteiger partial charge < -0.3 is 26.3 Å². The van der Waals surface area contributed by atoms with E-state index >= 15 is 0 Å². The van der Waals surface area contributed by atoms with Gasteiger partial charge in [0.1, 0.15) is 6.54 Å². The van der Waals surface area contributed by atoms with E-state index in [1.54, 1.807) is 0 Å². The van der Waals surface area contributed by atoms with Gasteiger partial charge in [-0.25, -0.2) is 4.79 Å². The molecule has 192 valence electrons. The molecule has 0 aromatic carbocycles. The van der Waals surface area contributed by atoms with Crippen LogP contribution in [0.3, 0.4) is 0 Å². The Bertz CT molecular complexity index is 729. The topological polar surface area (TPSA) is 189 Å². The summed E-state index contributed by atoms with van der Waals surface area (Å²) in [5.41, 5.74) is 12.7. The number of aliphatic carboxylic acids is 1. The zero-order valence-corrected chi connectivity index (χ0v) is 19.7. The monoisotopic (exact) mass is 482 g/mol. The number of amides is 2. The van der Waals surface area contributed by atoms with Gasteiger partial charge in [-0.05, 0) is 25.2 Å². The van der Waals surface area contributed by atoms with Gasteiger partial charge in [0.05, 0.1) is 12.6 Å². The van der Waals surface area contributed by atoms with E-state index in [0.717, 1.165) is 51.4 Å². The lowest BCUT2D eigenvalue weighted by atomic mass is 9.84. The van der Waals surface area contributed by atoms with Gasteiger partial charge in [0.15, 0.2) is 5.96 Å². The minimum Gasteiger partial charge on any atom is -0.480 e. The minimum absolute atomic E-state index is 0.0171. The molecule has 0 aromatic heterocycles. The zero-order chi connectivity index (χ0) is 24.9. The fraction of sp³-hybridized carbons (Fsp3) is 0.773. The number of carbonyl (C=O) groups excluding carboxylic acids is 3. The maximum Gasteiger partial charge on any atom is 0.344 e. The Balaban J connectivity index is 1.98. The Labute approximate surface area is 199 Å².